The molecule has 0 atom stereocenters. The van der Waals surface area contributed by atoms with Gasteiger partial charge < -0.3 is 10.6 Å². The number of hydrogen-bond donors (Lipinski definition) is 3. The molecule has 0 fully saturated rings. The molecule has 2 heterocycles. The molecule has 0 aliphatic heterocycles. The van der Waals surface area contributed by atoms with Gasteiger partial charge in [0.1, 0.15) is 0 Å². The number of anilines is 1. The lowest BCUT2D eigenvalue weighted by atomic mass is 10.1. The number of aromatic nitrogens is 4. The fraction of sp³-hybridized carbons (Fsp3) is 0.538. The fourth-order valence-corrected chi connectivity index (χ4v) is 2.49. The van der Waals surface area contributed by atoms with E-state index in [0.717, 1.165) is 31.5 Å². The van der Waals surface area contributed by atoms with Crippen molar-refractivity contribution in [3.8, 4) is 0 Å². The van der Waals surface area contributed by atoms with Crippen LogP contribution in [0, 0.1) is 6.92 Å². The third-order valence-electron chi connectivity index (χ3n) is 2.99. The standard InChI is InChI=1S/C13H20N6OS/c1-3-6-15-13-19-18-12(21-13)11(20)14-7-4-5-10-8-16-17-9(10)2/h8H,3-7H2,1-2H3,(H,14,20)(H,15,19)(H,16,17). The average molecular weight is 308 g/mol. The molecule has 21 heavy (non-hydrogen) atoms. The van der Waals surface area contributed by atoms with E-state index in [2.05, 4.69) is 38.0 Å². The van der Waals surface area contributed by atoms with Gasteiger partial charge in [-0.3, -0.25) is 9.89 Å². The first-order chi connectivity index (χ1) is 10.2. The molecule has 2 aromatic rings. The second-order valence-corrected chi connectivity index (χ2v) is 5.70. The van der Waals surface area contributed by atoms with Crippen molar-refractivity contribution in [3.05, 3.63) is 22.5 Å². The highest BCUT2D eigenvalue weighted by Gasteiger charge is 2.12. The van der Waals surface area contributed by atoms with Crippen molar-refractivity contribution >= 4 is 22.4 Å². The number of H-pyrrole nitrogens is 1. The van der Waals surface area contributed by atoms with E-state index in [1.165, 1.54) is 16.9 Å². The van der Waals surface area contributed by atoms with Crippen molar-refractivity contribution in [1.29, 1.82) is 0 Å². The minimum absolute atomic E-state index is 0.166. The van der Waals surface area contributed by atoms with Crippen LogP contribution in [-0.2, 0) is 6.42 Å². The van der Waals surface area contributed by atoms with Crippen LogP contribution >= 0.6 is 11.3 Å². The van der Waals surface area contributed by atoms with Crippen LogP contribution < -0.4 is 10.6 Å². The number of hydrogen-bond acceptors (Lipinski definition) is 6. The maximum absolute atomic E-state index is 11.9. The topological polar surface area (TPSA) is 95.6 Å². The normalized spacial score (nSPS) is 10.6. The van der Waals surface area contributed by atoms with E-state index in [9.17, 15) is 4.79 Å². The lowest BCUT2D eigenvalue weighted by molar-refractivity contribution is 0.0952. The predicted octanol–water partition coefficient (Wildman–Crippen LogP) is 1.75. The Morgan fingerprint density at radius 1 is 1.38 bits per heavy atom. The van der Waals surface area contributed by atoms with Crippen LogP contribution in [0.15, 0.2) is 6.20 Å². The average Bonchev–Trinajstić information content (AvgIpc) is 3.10. The van der Waals surface area contributed by atoms with Crippen LogP contribution in [0.5, 0.6) is 0 Å². The summed E-state index contributed by atoms with van der Waals surface area (Å²) in [5, 5.41) is 21.8. The Morgan fingerprint density at radius 2 is 2.24 bits per heavy atom. The summed E-state index contributed by atoms with van der Waals surface area (Å²) in [7, 11) is 0. The molecule has 0 aliphatic carbocycles. The molecule has 8 heteroatoms. The highest BCUT2D eigenvalue weighted by atomic mass is 32.1. The summed E-state index contributed by atoms with van der Waals surface area (Å²) in [5.41, 5.74) is 2.27. The Morgan fingerprint density at radius 3 is 2.95 bits per heavy atom. The molecule has 1 amide bonds. The van der Waals surface area contributed by atoms with Crippen molar-refractivity contribution in [2.75, 3.05) is 18.4 Å². The molecule has 0 spiro atoms. The third-order valence-corrected chi connectivity index (χ3v) is 3.87. The minimum Gasteiger partial charge on any atom is -0.360 e. The molecule has 7 nitrogen and oxygen atoms in total. The van der Waals surface area contributed by atoms with Crippen LogP contribution in [0.25, 0.3) is 0 Å². The summed E-state index contributed by atoms with van der Waals surface area (Å²) in [6, 6.07) is 0. The number of amides is 1. The quantitative estimate of drug-likeness (QED) is 0.646. The summed E-state index contributed by atoms with van der Waals surface area (Å²) in [6.45, 7) is 5.51. The first-order valence-electron chi connectivity index (χ1n) is 7.05. The Bertz CT molecular complexity index is 579. The molecular weight excluding hydrogens is 288 g/mol. The lowest BCUT2D eigenvalue weighted by Crippen LogP contribution is -2.24. The highest BCUT2D eigenvalue weighted by Crippen LogP contribution is 2.14. The van der Waals surface area contributed by atoms with Crippen molar-refractivity contribution in [1.82, 2.24) is 25.7 Å². The van der Waals surface area contributed by atoms with Crippen LogP contribution in [-0.4, -0.2) is 39.4 Å². The van der Waals surface area contributed by atoms with E-state index in [-0.39, 0.29) is 5.91 Å². The molecule has 0 unspecified atom stereocenters. The molecule has 2 aromatic heterocycles. The molecule has 0 aromatic carbocycles. The number of carbonyl (C=O) groups excluding carboxylic acids is 1. The van der Waals surface area contributed by atoms with E-state index in [1.54, 1.807) is 0 Å². The molecular formula is C13H20N6OS. The van der Waals surface area contributed by atoms with Crippen molar-refractivity contribution < 1.29 is 4.79 Å². The number of carbonyl (C=O) groups is 1. The smallest absolute Gasteiger partial charge is 0.282 e. The van der Waals surface area contributed by atoms with Crippen LogP contribution in [0.2, 0.25) is 0 Å². The number of aromatic amines is 1. The zero-order valence-electron chi connectivity index (χ0n) is 12.3. The Labute approximate surface area is 127 Å². The second-order valence-electron chi connectivity index (χ2n) is 4.72. The maximum Gasteiger partial charge on any atom is 0.282 e. The van der Waals surface area contributed by atoms with Gasteiger partial charge >= 0.3 is 0 Å². The highest BCUT2D eigenvalue weighted by molar-refractivity contribution is 7.17. The van der Waals surface area contributed by atoms with Crippen LogP contribution in [0.3, 0.4) is 0 Å². The van der Waals surface area contributed by atoms with Gasteiger partial charge in [0.25, 0.3) is 5.91 Å². The first-order valence-corrected chi connectivity index (χ1v) is 7.86. The zero-order chi connectivity index (χ0) is 15.1. The van der Waals surface area contributed by atoms with Gasteiger partial charge in [-0.2, -0.15) is 5.10 Å². The fourth-order valence-electron chi connectivity index (χ4n) is 1.80. The van der Waals surface area contributed by atoms with Crippen molar-refractivity contribution in [2.24, 2.45) is 0 Å². The maximum atomic E-state index is 11.9. The Balaban J connectivity index is 1.71. The molecule has 0 saturated carbocycles. The Kier molecular flexibility index (Phi) is 5.68. The largest absolute Gasteiger partial charge is 0.360 e. The lowest BCUT2D eigenvalue weighted by Gasteiger charge is -2.02. The molecule has 0 bridgehead atoms. The first kappa shape index (κ1) is 15.4. The second kappa shape index (κ2) is 7.72. The van der Waals surface area contributed by atoms with E-state index < -0.39 is 0 Å². The minimum atomic E-state index is -0.166. The van der Waals surface area contributed by atoms with Gasteiger partial charge in [-0.05, 0) is 31.7 Å². The van der Waals surface area contributed by atoms with Gasteiger partial charge in [-0.25, -0.2) is 0 Å². The monoisotopic (exact) mass is 308 g/mol. The van der Waals surface area contributed by atoms with Crippen LogP contribution in [0.1, 0.15) is 40.8 Å². The van der Waals surface area contributed by atoms with E-state index in [0.29, 0.717) is 16.7 Å². The van der Waals surface area contributed by atoms with Gasteiger partial charge in [0.15, 0.2) is 0 Å². The molecule has 0 radical (unpaired) electrons. The molecule has 3 N–H and O–H groups in total. The van der Waals surface area contributed by atoms with Gasteiger partial charge in [-0.15, -0.1) is 10.2 Å². The van der Waals surface area contributed by atoms with Crippen LogP contribution in [0.4, 0.5) is 5.13 Å². The van der Waals surface area contributed by atoms with Gasteiger partial charge in [0.2, 0.25) is 10.1 Å². The predicted molar refractivity (Wildman–Crippen MR) is 82.7 cm³/mol. The molecule has 0 saturated heterocycles. The number of nitrogens with zero attached hydrogens (tertiary/aromatic N) is 3. The zero-order valence-corrected chi connectivity index (χ0v) is 13.1. The molecule has 114 valence electrons. The van der Waals surface area contributed by atoms with Gasteiger partial charge in [0.05, 0.1) is 6.20 Å². The third kappa shape index (κ3) is 4.52. The number of rotatable bonds is 8. The summed E-state index contributed by atoms with van der Waals surface area (Å²) >= 11 is 1.28. The van der Waals surface area contributed by atoms with Gasteiger partial charge in [-0.1, -0.05) is 18.3 Å². The molecule has 0 aliphatic rings. The SMILES string of the molecule is CCCNc1nnc(C(=O)NCCCc2cn[nH]c2C)s1. The molecule has 2 rings (SSSR count). The van der Waals surface area contributed by atoms with Crippen molar-refractivity contribution in [2.45, 2.75) is 33.1 Å². The van der Waals surface area contributed by atoms with E-state index in [4.69, 9.17) is 0 Å². The Hall–Kier alpha value is -1.96. The number of aryl methyl sites for hydroxylation is 2. The summed E-state index contributed by atoms with van der Waals surface area (Å²) in [4.78, 5) is 11.9. The van der Waals surface area contributed by atoms with Gasteiger partial charge in [0, 0.05) is 18.8 Å². The summed E-state index contributed by atoms with van der Waals surface area (Å²) < 4.78 is 0. The van der Waals surface area contributed by atoms with E-state index >= 15 is 0 Å². The summed E-state index contributed by atoms with van der Waals surface area (Å²) in [6.07, 6.45) is 4.59. The summed E-state index contributed by atoms with van der Waals surface area (Å²) in [5.74, 6) is -0.166. The number of nitrogens with one attached hydrogen (secondary N) is 3. The van der Waals surface area contributed by atoms with E-state index in [1.807, 2.05) is 13.1 Å². The van der Waals surface area contributed by atoms with Crippen molar-refractivity contribution in [3.63, 3.8) is 0 Å².